The highest BCUT2D eigenvalue weighted by molar-refractivity contribution is 5.25. The Kier molecular flexibility index (Phi) is 1.14. The lowest BCUT2D eigenvalue weighted by atomic mass is 10.4. The van der Waals surface area contributed by atoms with E-state index in [1.54, 1.807) is 0 Å². The molecular formula is C5H5NO3. The smallest absolute Gasteiger partial charge is 0.290 e. The summed E-state index contributed by atoms with van der Waals surface area (Å²) in [5, 5.41) is 17.2. The van der Waals surface area contributed by atoms with Gasteiger partial charge in [0.25, 0.3) is 5.56 Å². The van der Waals surface area contributed by atoms with E-state index in [2.05, 4.69) is 4.98 Å². The normalized spacial score (nSPS) is 9.33. The summed E-state index contributed by atoms with van der Waals surface area (Å²) in [6.45, 7) is 0. The van der Waals surface area contributed by atoms with Crippen molar-refractivity contribution in [1.29, 1.82) is 0 Å². The number of hydrogen-bond donors (Lipinski definition) is 3. The number of H-pyrrole nitrogens is 1. The van der Waals surface area contributed by atoms with E-state index in [9.17, 15) is 4.79 Å². The summed E-state index contributed by atoms with van der Waals surface area (Å²) in [5.74, 6) is -0.637. The van der Waals surface area contributed by atoms with E-state index in [1.807, 2.05) is 0 Å². The van der Waals surface area contributed by atoms with Gasteiger partial charge in [-0.2, -0.15) is 0 Å². The molecule has 0 unspecified atom stereocenters. The summed E-state index contributed by atoms with van der Waals surface area (Å²) >= 11 is 0. The molecule has 0 spiro atoms. The number of nitrogens with one attached hydrogen (secondary N) is 1. The molecule has 1 aromatic rings. The lowest BCUT2D eigenvalue weighted by Crippen LogP contribution is -2.01. The molecule has 1 rings (SSSR count). The van der Waals surface area contributed by atoms with Crippen molar-refractivity contribution in [1.82, 2.24) is 4.98 Å². The van der Waals surface area contributed by atoms with Crippen LogP contribution in [0.15, 0.2) is 17.1 Å². The molecule has 1 heterocycles. The van der Waals surface area contributed by atoms with Gasteiger partial charge in [-0.25, -0.2) is 0 Å². The topological polar surface area (TPSA) is 73.3 Å². The summed E-state index contributed by atoms with van der Waals surface area (Å²) < 4.78 is 0. The van der Waals surface area contributed by atoms with Gasteiger partial charge in [-0.05, 0) is 0 Å². The van der Waals surface area contributed by atoms with Crippen LogP contribution in [0.25, 0.3) is 0 Å². The number of aromatic hydroxyl groups is 2. The van der Waals surface area contributed by atoms with Crippen LogP contribution in [0, 0.1) is 0 Å². The van der Waals surface area contributed by atoms with Crippen LogP contribution in [-0.4, -0.2) is 15.2 Å². The van der Waals surface area contributed by atoms with Gasteiger partial charge < -0.3 is 15.2 Å². The lowest BCUT2D eigenvalue weighted by molar-refractivity contribution is 0.441. The fourth-order valence-electron chi connectivity index (χ4n) is 0.461. The molecule has 0 radical (unpaired) electrons. The van der Waals surface area contributed by atoms with Crippen LogP contribution in [-0.2, 0) is 0 Å². The number of rotatable bonds is 0. The SMILES string of the molecule is O=c1[nH]cc(O)cc1O. The van der Waals surface area contributed by atoms with E-state index >= 15 is 0 Å². The minimum Gasteiger partial charge on any atom is -0.506 e. The van der Waals surface area contributed by atoms with Crippen molar-refractivity contribution < 1.29 is 10.2 Å². The van der Waals surface area contributed by atoms with Gasteiger partial charge in [0, 0.05) is 12.3 Å². The van der Waals surface area contributed by atoms with E-state index < -0.39 is 11.3 Å². The van der Waals surface area contributed by atoms with Gasteiger partial charge >= 0.3 is 0 Å². The second-order valence-corrected chi connectivity index (χ2v) is 1.57. The van der Waals surface area contributed by atoms with E-state index in [1.165, 1.54) is 0 Å². The molecule has 4 nitrogen and oxygen atoms in total. The van der Waals surface area contributed by atoms with Crippen LogP contribution in [0.3, 0.4) is 0 Å². The van der Waals surface area contributed by atoms with Crippen molar-refractivity contribution in [2.45, 2.75) is 0 Å². The van der Waals surface area contributed by atoms with Crippen molar-refractivity contribution in [3.8, 4) is 11.5 Å². The Morgan fingerprint density at radius 1 is 1.44 bits per heavy atom. The molecule has 0 bridgehead atoms. The highest BCUT2D eigenvalue weighted by atomic mass is 16.3. The molecule has 0 saturated carbocycles. The summed E-state index contributed by atoms with van der Waals surface area (Å²) in [4.78, 5) is 12.5. The monoisotopic (exact) mass is 127 g/mol. The Morgan fingerprint density at radius 2 is 2.11 bits per heavy atom. The van der Waals surface area contributed by atoms with Gasteiger partial charge in [-0.15, -0.1) is 0 Å². The zero-order valence-electron chi connectivity index (χ0n) is 4.46. The maximum atomic E-state index is 10.4. The Labute approximate surface area is 50.4 Å². The largest absolute Gasteiger partial charge is 0.506 e. The van der Waals surface area contributed by atoms with Gasteiger partial charge in [-0.3, -0.25) is 4.79 Å². The minimum absolute atomic E-state index is 0.160. The van der Waals surface area contributed by atoms with Crippen LogP contribution < -0.4 is 5.56 Å². The molecule has 0 amide bonds. The van der Waals surface area contributed by atoms with Crippen LogP contribution in [0.2, 0.25) is 0 Å². The second-order valence-electron chi connectivity index (χ2n) is 1.57. The van der Waals surface area contributed by atoms with Crippen LogP contribution >= 0.6 is 0 Å². The van der Waals surface area contributed by atoms with Crippen molar-refractivity contribution in [3.63, 3.8) is 0 Å². The van der Waals surface area contributed by atoms with Crippen molar-refractivity contribution in [2.24, 2.45) is 0 Å². The number of aromatic nitrogens is 1. The average Bonchev–Trinajstić information content (AvgIpc) is 1.80. The molecule has 0 aliphatic carbocycles. The van der Waals surface area contributed by atoms with E-state index in [0.717, 1.165) is 12.3 Å². The molecule has 1 aromatic heterocycles. The molecule has 0 fully saturated rings. The number of pyridine rings is 1. The summed E-state index contributed by atoms with van der Waals surface area (Å²) in [5.41, 5.74) is -0.604. The van der Waals surface area contributed by atoms with E-state index in [4.69, 9.17) is 10.2 Å². The van der Waals surface area contributed by atoms with Gasteiger partial charge in [-0.1, -0.05) is 0 Å². The maximum Gasteiger partial charge on any atom is 0.290 e. The molecule has 0 aromatic carbocycles. The third-order valence-corrected chi connectivity index (χ3v) is 0.868. The Bertz CT molecular complexity index is 265. The molecule has 48 valence electrons. The summed E-state index contributed by atoms with van der Waals surface area (Å²) in [7, 11) is 0. The zero-order chi connectivity index (χ0) is 6.85. The predicted molar refractivity (Wildman–Crippen MR) is 30.4 cm³/mol. The second kappa shape index (κ2) is 1.81. The molecule has 4 heteroatoms. The zero-order valence-corrected chi connectivity index (χ0v) is 4.46. The Hall–Kier alpha value is -1.45. The molecule has 0 aliphatic heterocycles. The van der Waals surface area contributed by atoms with E-state index in [0.29, 0.717) is 0 Å². The first-order chi connectivity index (χ1) is 4.20. The Balaban J connectivity index is 3.34. The third-order valence-electron chi connectivity index (χ3n) is 0.868. The van der Waals surface area contributed by atoms with Crippen LogP contribution in [0.1, 0.15) is 0 Å². The van der Waals surface area contributed by atoms with Crippen LogP contribution in [0.5, 0.6) is 11.5 Å². The highest BCUT2D eigenvalue weighted by Gasteiger charge is 1.94. The fraction of sp³-hybridized carbons (Fsp3) is 0. The molecule has 3 N–H and O–H groups in total. The Morgan fingerprint density at radius 3 is 2.56 bits per heavy atom. The van der Waals surface area contributed by atoms with Gasteiger partial charge in [0.2, 0.25) is 0 Å². The first-order valence-corrected chi connectivity index (χ1v) is 2.31. The minimum atomic E-state index is -0.604. The molecule has 0 saturated heterocycles. The average molecular weight is 127 g/mol. The van der Waals surface area contributed by atoms with Crippen molar-refractivity contribution >= 4 is 0 Å². The van der Waals surface area contributed by atoms with Crippen molar-refractivity contribution in [3.05, 3.63) is 22.6 Å². The molecule has 0 aliphatic rings. The van der Waals surface area contributed by atoms with Crippen LogP contribution in [0.4, 0.5) is 0 Å². The van der Waals surface area contributed by atoms with Gasteiger partial charge in [0.15, 0.2) is 5.75 Å². The first-order valence-electron chi connectivity index (χ1n) is 2.31. The summed E-state index contributed by atoms with van der Waals surface area (Å²) in [6.07, 6.45) is 1.10. The predicted octanol–water partition coefficient (Wildman–Crippen LogP) is -0.214. The number of aromatic amines is 1. The molecule has 9 heavy (non-hydrogen) atoms. The van der Waals surface area contributed by atoms with Gasteiger partial charge in [0.05, 0.1) is 0 Å². The van der Waals surface area contributed by atoms with Crippen molar-refractivity contribution in [2.75, 3.05) is 0 Å². The fourth-order valence-corrected chi connectivity index (χ4v) is 0.461. The molecular weight excluding hydrogens is 122 g/mol. The lowest BCUT2D eigenvalue weighted by Gasteiger charge is -1.89. The van der Waals surface area contributed by atoms with Gasteiger partial charge in [0.1, 0.15) is 5.75 Å². The molecule has 0 atom stereocenters. The third kappa shape index (κ3) is 1.02. The summed E-state index contributed by atoms with van der Waals surface area (Å²) in [6, 6.07) is 0.971. The first kappa shape index (κ1) is 5.68. The number of hydrogen-bond acceptors (Lipinski definition) is 3. The quantitative estimate of drug-likeness (QED) is 0.451. The van der Waals surface area contributed by atoms with E-state index in [-0.39, 0.29) is 5.75 Å². The standard InChI is InChI=1S/C5H5NO3/c7-3-1-4(8)5(9)6-2-3/h1-2,7-8H,(H,6,9). The highest BCUT2D eigenvalue weighted by Crippen LogP contribution is 2.08. The maximum absolute atomic E-state index is 10.4.